The molecule has 18 heteroatoms. The molecule has 1 aromatic heterocycles. The first-order valence-corrected chi connectivity index (χ1v) is 19.3. The summed E-state index contributed by atoms with van der Waals surface area (Å²) < 4.78 is 5.31. The standard InChI is InChI=1S/C39H57N7O11/c1-8-21(2)33(39(55)56)44-36(52)28-12-11-17-46(28)38(54)24(5)43-35(51)22(3)41-34(50)23(4)42-37(53)29(47)13-9-10-16-40-31(48)18-25-19-32(49)57-30-20-26(45(6)7)14-15-27(25)30/h14-15,19-24,28-29,33,47H,8-13,16-18H2,1-7H3,(H,40,48)(H,41,50)(H,42,53)(H,43,51)(H,44,52)(H,55,56)/t21-,22-,23-,24-,28-,29-,33-/m0/s1. The third-order valence-electron chi connectivity index (χ3n) is 10.1. The summed E-state index contributed by atoms with van der Waals surface area (Å²) in [6.45, 7) is 8.23. The van der Waals surface area contributed by atoms with Crippen LogP contribution in [0.15, 0.2) is 33.5 Å². The van der Waals surface area contributed by atoms with Crippen molar-refractivity contribution in [2.75, 3.05) is 32.1 Å². The van der Waals surface area contributed by atoms with E-state index in [1.54, 1.807) is 19.1 Å². The van der Waals surface area contributed by atoms with Gasteiger partial charge in [0.15, 0.2) is 0 Å². The predicted octanol–water partition coefficient (Wildman–Crippen LogP) is 0.170. The number of carboxylic acids is 1. The maximum Gasteiger partial charge on any atom is 0.336 e. The van der Waals surface area contributed by atoms with E-state index in [9.17, 15) is 48.6 Å². The van der Waals surface area contributed by atoms with E-state index in [1.165, 1.54) is 31.7 Å². The van der Waals surface area contributed by atoms with E-state index in [0.29, 0.717) is 48.6 Å². The normalized spacial score (nSPS) is 17.0. The van der Waals surface area contributed by atoms with Gasteiger partial charge in [-0.05, 0) is 76.5 Å². The van der Waals surface area contributed by atoms with Crippen LogP contribution in [0.25, 0.3) is 11.0 Å². The van der Waals surface area contributed by atoms with E-state index in [0.717, 1.165) is 5.69 Å². The molecule has 314 valence electrons. The monoisotopic (exact) mass is 799 g/mol. The molecular weight excluding hydrogens is 742 g/mol. The van der Waals surface area contributed by atoms with Gasteiger partial charge in [0.25, 0.3) is 0 Å². The van der Waals surface area contributed by atoms with Crippen molar-refractivity contribution in [1.29, 1.82) is 0 Å². The highest BCUT2D eigenvalue weighted by Crippen LogP contribution is 2.23. The summed E-state index contributed by atoms with van der Waals surface area (Å²) in [6.07, 6.45) is 0.771. The molecule has 0 saturated carbocycles. The molecule has 0 aliphatic carbocycles. The van der Waals surface area contributed by atoms with Crippen LogP contribution in [0.2, 0.25) is 0 Å². The van der Waals surface area contributed by atoms with Crippen molar-refractivity contribution in [3.8, 4) is 0 Å². The van der Waals surface area contributed by atoms with Crippen molar-refractivity contribution in [2.45, 2.75) is 116 Å². The molecule has 1 aliphatic rings. The van der Waals surface area contributed by atoms with Gasteiger partial charge in [0.05, 0.1) is 6.42 Å². The van der Waals surface area contributed by atoms with E-state index < -0.39 is 77.4 Å². The average Bonchev–Trinajstić information content (AvgIpc) is 3.65. The zero-order chi connectivity index (χ0) is 42.6. The van der Waals surface area contributed by atoms with Crippen molar-refractivity contribution in [1.82, 2.24) is 31.5 Å². The van der Waals surface area contributed by atoms with Gasteiger partial charge in [-0.2, -0.15) is 0 Å². The van der Waals surface area contributed by atoms with E-state index in [2.05, 4.69) is 26.6 Å². The smallest absolute Gasteiger partial charge is 0.336 e. The van der Waals surface area contributed by atoms with Crippen LogP contribution in [-0.2, 0) is 40.0 Å². The molecule has 7 atom stereocenters. The van der Waals surface area contributed by atoms with Gasteiger partial charge in [-0.15, -0.1) is 0 Å². The number of aliphatic hydroxyl groups excluding tert-OH is 1. The highest BCUT2D eigenvalue weighted by Gasteiger charge is 2.39. The van der Waals surface area contributed by atoms with Crippen LogP contribution in [0.5, 0.6) is 0 Å². The van der Waals surface area contributed by atoms with Crippen LogP contribution in [0, 0.1) is 5.92 Å². The summed E-state index contributed by atoms with van der Waals surface area (Å²) in [4.78, 5) is 104. The molecule has 6 amide bonds. The van der Waals surface area contributed by atoms with Crippen LogP contribution < -0.4 is 37.1 Å². The minimum atomic E-state index is -1.44. The molecule has 1 aliphatic heterocycles. The Labute approximate surface area is 331 Å². The Morgan fingerprint density at radius 1 is 0.895 bits per heavy atom. The van der Waals surface area contributed by atoms with Gasteiger partial charge in [0.2, 0.25) is 35.4 Å². The quantitative estimate of drug-likeness (QED) is 0.0699. The zero-order valence-electron chi connectivity index (χ0n) is 33.7. The van der Waals surface area contributed by atoms with Crippen LogP contribution >= 0.6 is 0 Å². The van der Waals surface area contributed by atoms with Gasteiger partial charge in [-0.3, -0.25) is 28.8 Å². The Morgan fingerprint density at radius 2 is 1.53 bits per heavy atom. The third-order valence-corrected chi connectivity index (χ3v) is 10.1. The summed E-state index contributed by atoms with van der Waals surface area (Å²) in [5, 5.41) is 33.3. The number of likely N-dealkylation sites (tertiary alicyclic amines) is 1. The molecule has 1 saturated heterocycles. The number of nitrogens with one attached hydrogen (secondary N) is 5. The highest BCUT2D eigenvalue weighted by molar-refractivity contribution is 5.96. The summed E-state index contributed by atoms with van der Waals surface area (Å²) in [5.74, 6) is -5.13. The third kappa shape index (κ3) is 13.0. The second-order valence-corrected chi connectivity index (χ2v) is 14.8. The number of carbonyl (C=O) groups is 7. The fourth-order valence-electron chi connectivity index (χ4n) is 6.36. The number of nitrogens with zero attached hydrogens (tertiary/aromatic N) is 2. The lowest BCUT2D eigenvalue weighted by Crippen LogP contribution is -2.57. The molecule has 3 rings (SSSR count). The number of unbranched alkanes of at least 4 members (excludes halogenated alkanes) is 1. The summed E-state index contributed by atoms with van der Waals surface area (Å²) in [7, 11) is 3.72. The Bertz CT molecular complexity index is 1850. The molecule has 0 bridgehead atoms. The summed E-state index contributed by atoms with van der Waals surface area (Å²) in [6, 6.07) is 1.36. The lowest BCUT2D eigenvalue weighted by Gasteiger charge is -2.29. The number of aliphatic hydroxyl groups is 1. The fourth-order valence-corrected chi connectivity index (χ4v) is 6.36. The van der Waals surface area contributed by atoms with Gasteiger partial charge >= 0.3 is 11.6 Å². The molecule has 18 nitrogen and oxygen atoms in total. The second kappa shape index (κ2) is 21.1. The van der Waals surface area contributed by atoms with Crippen molar-refractivity contribution >= 4 is 58.1 Å². The number of hydrogen-bond donors (Lipinski definition) is 7. The van der Waals surface area contributed by atoms with Crippen LogP contribution in [0.3, 0.4) is 0 Å². The minimum absolute atomic E-state index is 0.0401. The van der Waals surface area contributed by atoms with E-state index in [1.807, 2.05) is 32.0 Å². The van der Waals surface area contributed by atoms with E-state index in [-0.39, 0.29) is 37.8 Å². The van der Waals surface area contributed by atoms with Gasteiger partial charge < -0.3 is 51.0 Å². The minimum Gasteiger partial charge on any atom is -0.480 e. The molecule has 0 radical (unpaired) electrons. The highest BCUT2D eigenvalue weighted by atomic mass is 16.4. The Hall–Kier alpha value is -5.52. The molecule has 57 heavy (non-hydrogen) atoms. The molecule has 2 heterocycles. The summed E-state index contributed by atoms with van der Waals surface area (Å²) >= 11 is 0. The number of hydrogen-bond acceptors (Lipinski definition) is 11. The summed E-state index contributed by atoms with van der Waals surface area (Å²) in [5.41, 5.74) is 1.18. The Kier molecular flexibility index (Phi) is 17.0. The maximum absolute atomic E-state index is 13.3. The number of amides is 6. The lowest BCUT2D eigenvalue weighted by molar-refractivity contribution is -0.146. The number of carbonyl (C=O) groups excluding carboxylic acids is 6. The van der Waals surface area contributed by atoms with E-state index in [4.69, 9.17) is 4.42 Å². The predicted molar refractivity (Wildman–Crippen MR) is 210 cm³/mol. The number of fused-ring (bicyclic) bond motifs is 1. The number of benzene rings is 1. The van der Waals surface area contributed by atoms with Crippen LogP contribution in [-0.4, -0.2) is 120 Å². The topological polar surface area (TPSA) is 257 Å². The van der Waals surface area contributed by atoms with Gasteiger partial charge in [-0.25, -0.2) is 9.59 Å². The van der Waals surface area contributed by atoms with Crippen molar-refractivity contribution < 1.29 is 48.2 Å². The second-order valence-electron chi connectivity index (χ2n) is 14.8. The van der Waals surface area contributed by atoms with Crippen molar-refractivity contribution in [3.63, 3.8) is 0 Å². The molecule has 2 aromatic rings. The maximum atomic E-state index is 13.3. The average molecular weight is 800 g/mol. The number of rotatable bonds is 20. The fraction of sp³-hybridized carbons (Fsp3) is 0.590. The van der Waals surface area contributed by atoms with Gasteiger partial charge in [-0.1, -0.05) is 20.3 Å². The number of aliphatic carboxylic acids is 1. The first-order valence-electron chi connectivity index (χ1n) is 19.3. The van der Waals surface area contributed by atoms with Gasteiger partial charge in [0, 0.05) is 50.4 Å². The molecular formula is C39H57N7O11. The molecule has 0 unspecified atom stereocenters. The van der Waals surface area contributed by atoms with Crippen LogP contribution in [0.4, 0.5) is 5.69 Å². The number of anilines is 1. The Balaban J connectivity index is 1.39. The zero-order valence-corrected chi connectivity index (χ0v) is 33.7. The first kappa shape index (κ1) is 45.9. The molecule has 1 fully saturated rings. The van der Waals surface area contributed by atoms with E-state index >= 15 is 0 Å². The van der Waals surface area contributed by atoms with Crippen molar-refractivity contribution in [3.05, 3.63) is 40.2 Å². The first-order chi connectivity index (χ1) is 26.8. The Morgan fingerprint density at radius 3 is 2.14 bits per heavy atom. The molecule has 7 N–H and O–H groups in total. The van der Waals surface area contributed by atoms with Gasteiger partial charge in [0.1, 0.15) is 41.9 Å². The number of carboxylic acid groups (broad SMARTS) is 1. The van der Waals surface area contributed by atoms with Crippen molar-refractivity contribution in [2.24, 2.45) is 5.92 Å². The van der Waals surface area contributed by atoms with Crippen LogP contribution in [0.1, 0.15) is 78.7 Å². The molecule has 1 aromatic carbocycles. The SMILES string of the molecule is CC[C@H](C)[C@H](NC(=O)[C@@H]1CCCN1C(=O)[C@H](C)NC(=O)[C@H](C)NC(=O)[C@H](C)NC(=O)[C@@H](O)CCCCNC(=O)Cc1cc(=O)oc2cc(N(C)C)ccc12)C(=O)O. The largest absolute Gasteiger partial charge is 0.480 e. The lowest BCUT2D eigenvalue weighted by atomic mass is 9.98. The molecule has 0 spiro atoms.